The number of hydrogen-bond donors (Lipinski definition) is 0. The standard InChI is InChI=1S/C20H25N5O4/c1-19(2,3)29-17(26)24-10-14-8-20(14,12-24)13-4-6-15(7-5-13)25-11-16(9-22-23-21)28-18(25)27/h4-7,14,16H,8-12H2,1-3H3. The van der Waals surface area contributed by atoms with E-state index in [0.29, 0.717) is 19.0 Å². The largest absolute Gasteiger partial charge is 0.444 e. The monoisotopic (exact) mass is 399 g/mol. The predicted octanol–water partition coefficient (Wildman–Crippen LogP) is 3.83. The number of carbonyl (C=O) groups is 2. The molecule has 3 fully saturated rings. The first-order chi connectivity index (χ1) is 13.7. The van der Waals surface area contributed by atoms with E-state index in [2.05, 4.69) is 10.0 Å². The van der Waals surface area contributed by atoms with Crippen molar-refractivity contribution >= 4 is 17.9 Å². The van der Waals surface area contributed by atoms with E-state index in [4.69, 9.17) is 15.0 Å². The third-order valence-electron chi connectivity index (χ3n) is 5.77. The minimum absolute atomic E-state index is 0.00893. The lowest BCUT2D eigenvalue weighted by Crippen LogP contribution is -2.37. The average molecular weight is 399 g/mol. The zero-order valence-corrected chi connectivity index (χ0v) is 16.9. The maximum Gasteiger partial charge on any atom is 0.414 e. The molecule has 1 saturated carbocycles. The number of azide groups is 1. The normalized spacial score (nSPS) is 27.9. The highest BCUT2D eigenvalue weighted by molar-refractivity contribution is 5.89. The van der Waals surface area contributed by atoms with Crippen LogP contribution in [-0.4, -0.2) is 55.0 Å². The molecule has 0 spiro atoms. The Morgan fingerprint density at radius 2 is 2.07 bits per heavy atom. The molecule has 3 aliphatic rings. The van der Waals surface area contributed by atoms with Gasteiger partial charge in [-0.25, -0.2) is 9.59 Å². The zero-order chi connectivity index (χ0) is 20.8. The van der Waals surface area contributed by atoms with Gasteiger partial charge in [-0.05, 0) is 56.3 Å². The molecule has 4 rings (SSSR count). The van der Waals surface area contributed by atoms with Crippen molar-refractivity contribution < 1.29 is 19.1 Å². The molecule has 1 aliphatic carbocycles. The van der Waals surface area contributed by atoms with Crippen molar-refractivity contribution in [2.24, 2.45) is 11.0 Å². The Labute approximate surface area is 169 Å². The van der Waals surface area contributed by atoms with Crippen LogP contribution in [0.4, 0.5) is 15.3 Å². The average Bonchev–Trinajstić information content (AvgIpc) is 3.03. The molecule has 0 aromatic heterocycles. The minimum Gasteiger partial charge on any atom is -0.444 e. The maximum absolute atomic E-state index is 12.4. The fourth-order valence-electron chi connectivity index (χ4n) is 4.32. The summed E-state index contributed by atoms with van der Waals surface area (Å²) < 4.78 is 10.7. The van der Waals surface area contributed by atoms with Crippen molar-refractivity contribution in [2.75, 3.05) is 31.1 Å². The van der Waals surface area contributed by atoms with E-state index in [1.54, 1.807) is 9.80 Å². The molecule has 1 aromatic carbocycles. The van der Waals surface area contributed by atoms with Crippen molar-refractivity contribution in [2.45, 2.75) is 44.3 Å². The molecular formula is C20H25N5O4. The van der Waals surface area contributed by atoms with E-state index in [9.17, 15) is 9.59 Å². The molecule has 9 heteroatoms. The van der Waals surface area contributed by atoms with E-state index < -0.39 is 17.8 Å². The fraction of sp³-hybridized carbons (Fsp3) is 0.600. The lowest BCUT2D eigenvalue weighted by atomic mass is 9.95. The first-order valence-electron chi connectivity index (χ1n) is 9.79. The summed E-state index contributed by atoms with van der Waals surface area (Å²) in [5.41, 5.74) is 9.83. The summed E-state index contributed by atoms with van der Waals surface area (Å²) in [6.45, 7) is 7.48. The number of anilines is 1. The van der Waals surface area contributed by atoms with Crippen LogP contribution in [0.3, 0.4) is 0 Å². The Morgan fingerprint density at radius 3 is 2.72 bits per heavy atom. The van der Waals surface area contributed by atoms with E-state index >= 15 is 0 Å². The van der Waals surface area contributed by atoms with E-state index in [-0.39, 0.29) is 18.1 Å². The molecule has 1 aromatic rings. The van der Waals surface area contributed by atoms with E-state index in [1.165, 1.54) is 5.56 Å². The van der Waals surface area contributed by atoms with Gasteiger partial charge < -0.3 is 14.4 Å². The second-order valence-corrected chi connectivity index (χ2v) is 8.99. The molecule has 2 amide bonds. The molecule has 0 N–H and O–H groups in total. The Hall–Kier alpha value is -2.93. The Morgan fingerprint density at radius 1 is 1.34 bits per heavy atom. The van der Waals surface area contributed by atoms with Crippen LogP contribution >= 0.6 is 0 Å². The molecule has 2 heterocycles. The Kier molecular flexibility index (Phi) is 4.58. The number of fused-ring (bicyclic) bond motifs is 1. The van der Waals surface area contributed by atoms with Gasteiger partial charge in [-0.1, -0.05) is 17.2 Å². The van der Waals surface area contributed by atoms with E-state index in [0.717, 1.165) is 18.7 Å². The fourth-order valence-corrected chi connectivity index (χ4v) is 4.32. The molecule has 154 valence electrons. The van der Waals surface area contributed by atoms with Gasteiger partial charge in [0.15, 0.2) is 0 Å². The molecular weight excluding hydrogens is 374 g/mol. The highest BCUT2D eigenvalue weighted by atomic mass is 16.6. The van der Waals surface area contributed by atoms with Gasteiger partial charge >= 0.3 is 12.2 Å². The summed E-state index contributed by atoms with van der Waals surface area (Å²) in [5.74, 6) is 0.450. The first kappa shape index (κ1) is 19.4. The number of amides is 2. The van der Waals surface area contributed by atoms with Gasteiger partial charge in [0, 0.05) is 29.1 Å². The lowest BCUT2D eigenvalue weighted by molar-refractivity contribution is 0.0270. The van der Waals surface area contributed by atoms with Crippen LogP contribution < -0.4 is 4.90 Å². The second-order valence-electron chi connectivity index (χ2n) is 8.99. The van der Waals surface area contributed by atoms with Crippen LogP contribution in [0.25, 0.3) is 10.4 Å². The van der Waals surface area contributed by atoms with Crippen molar-refractivity contribution in [1.82, 2.24) is 4.90 Å². The van der Waals surface area contributed by atoms with Crippen molar-refractivity contribution in [3.05, 3.63) is 40.3 Å². The summed E-state index contributed by atoms with van der Waals surface area (Å²) in [4.78, 5) is 30.5. The topological polar surface area (TPSA) is 108 Å². The van der Waals surface area contributed by atoms with Crippen LogP contribution in [0, 0.1) is 5.92 Å². The number of hydrogen-bond acceptors (Lipinski definition) is 5. The quantitative estimate of drug-likeness (QED) is 0.435. The van der Waals surface area contributed by atoms with Crippen LogP contribution in [0.15, 0.2) is 29.4 Å². The number of likely N-dealkylation sites (tertiary alicyclic amines) is 1. The number of cyclic esters (lactones) is 1. The summed E-state index contributed by atoms with van der Waals surface area (Å²) in [5, 5.41) is 3.47. The van der Waals surface area contributed by atoms with E-state index in [1.807, 2.05) is 45.0 Å². The van der Waals surface area contributed by atoms with Crippen LogP contribution in [0.2, 0.25) is 0 Å². The lowest BCUT2D eigenvalue weighted by Gasteiger charge is -2.26. The molecule has 2 saturated heterocycles. The number of benzene rings is 1. The summed E-state index contributed by atoms with van der Waals surface area (Å²) >= 11 is 0. The maximum atomic E-state index is 12.4. The summed E-state index contributed by atoms with van der Waals surface area (Å²) in [6, 6.07) is 7.88. The first-order valence-corrected chi connectivity index (χ1v) is 9.79. The third kappa shape index (κ3) is 3.70. The van der Waals surface area contributed by atoms with Gasteiger partial charge in [-0.15, -0.1) is 0 Å². The van der Waals surface area contributed by atoms with Gasteiger partial charge in [0.1, 0.15) is 11.7 Å². The smallest absolute Gasteiger partial charge is 0.414 e. The van der Waals surface area contributed by atoms with Crippen LogP contribution in [0.5, 0.6) is 0 Å². The van der Waals surface area contributed by atoms with Crippen LogP contribution in [-0.2, 0) is 14.9 Å². The predicted molar refractivity (Wildman–Crippen MR) is 106 cm³/mol. The van der Waals surface area contributed by atoms with Crippen molar-refractivity contribution in [1.29, 1.82) is 0 Å². The third-order valence-corrected chi connectivity index (χ3v) is 5.77. The summed E-state index contributed by atoms with van der Waals surface area (Å²) in [7, 11) is 0. The molecule has 3 unspecified atom stereocenters. The second kappa shape index (κ2) is 6.84. The summed E-state index contributed by atoms with van der Waals surface area (Å²) in [6.07, 6.45) is -0.0605. The highest BCUT2D eigenvalue weighted by Gasteiger charge is 2.62. The molecule has 9 nitrogen and oxygen atoms in total. The number of piperidine rings is 1. The van der Waals surface area contributed by atoms with Gasteiger partial charge in [0.05, 0.1) is 13.1 Å². The molecule has 0 radical (unpaired) electrons. The van der Waals surface area contributed by atoms with Gasteiger partial charge in [0.2, 0.25) is 0 Å². The minimum atomic E-state index is -0.501. The SMILES string of the molecule is CC(C)(C)OC(=O)N1CC2CC2(c2ccc(N3CC(CN=[N+]=[N-])OC3=O)cc2)C1. The number of nitrogens with zero attached hydrogens (tertiary/aromatic N) is 5. The number of rotatable bonds is 4. The molecule has 2 aliphatic heterocycles. The Balaban J connectivity index is 1.42. The van der Waals surface area contributed by atoms with Gasteiger partial charge in [-0.3, -0.25) is 4.90 Å². The molecule has 3 atom stereocenters. The van der Waals surface area contributed by atoms with Crippen LogP contribution in [0.1, 0.15) is 32.8 Å². The van der Waals surface area contributed by atoms with Crippen molar-refractivity contribution in [3.63, 3.8) is 0 Å². The van der Waals surface area contributed by atoms with Crippen molar-refractivity contribution in [3.8, 4) is 0 Å². The van der Waals surface area contributed by atoms with Gasteiger partial charge in [0.25, 0.3) is 0 Å². The number of ether oxygens (including phenoxy) is 2. The zero-order valence-electron chi connectivity index (χ0n) is 16.9. The Bertz CT molecular complexity index is 874. The molecule has 0 bridgehead atoms. The highest BCUT2D eigenvalue weighted by Crippen LogP contribution is 2.59. The van der Waals surface area contributed by atoms with Gasteiger partial charge in [-0.2, -0.15) is 0 Å². The number of carbonyl (C=O) groups excluding carboxylic acids is 2. The molecule has 29 heavy (non-hydrogen) atoms.